The number of nitrogens with zero attached hydrogens (tertiary/aromatic N) is 2. The first-order valence-electron chi connectivity index (χ1n) is 11.1. The number of unbranched alkanes of at least 4 members (excludes halogenated alkanes) is 3. The Morgan fingerprint density at radius 1 is 0.625 bits per heavy atom. The van der Waals surface area contributed by atoms with Gasteiger partial charge in [-0.1, -0.05) is 36.0 Å². The van der Waals surface area contributed by atoms with Crippen LogP contribution in [-0.4, -0.2) is 23.1 Å². The van der Waals surface area contributed by atoms with E-state index in [4.69, 9.17) is 23.2 Å². The van der Waals surface area contributed by atoms with Crippen LogP contribution in [0.3, 0.4) is 0 Å². The van der Waals surface area contributed by atoms with Gasteiger partial charge in [-0.2, -0.15) is 0 Å². The molecule has 0 radical (unpaired) electrons. The van der Waals surface area contributed by atoms with Gasteiger partial charge >= 0.3 is 0 Å². The second-order valence-corrected chi connectivity index (χ2v) is 9.09. The number of rotatable bonds is 9. The largest absolute Gasteiger partial charge is 0.384 e. The molecule has 0 saturated carbocycles. The summed E-state index contributed by atoms with van der Waals surface area (Å²) < 4.78 is 0. The zero-order valence-corrected chi connectivity index (χ0v) is 20.0. The molecule has 0 aliphatic carbocycles. The van der Waals surface area contributed by atoms with Gasteiger partial charge in [-0.05, 0) is 75.2 Å². The highest BCUT2D eigenvalue weighted by Crippen LogP contribution is 2.27. The Balaban J connectivity index is 1.23. The quantitative estimate of drug-likeness (QED) is 0.247. The van der Waals surface area contributed by atoms with Crippen LogP contribution < -0.4 is 10.6 Å². The molecule has 0 bridgehead atoms. The highest BCUT2D eigenvalue weighted by atomic mass is 35.5. The van der Waals surface area contributed by atoms with Crippen molar-refractivity contribution in [2.75, 3.05) is 23.7 Å². The number of hydrogen-bond acceptors (Lipinski definition) is 4. The lowest BCUT2D eigenvalue weighted by Crippen LogP contribution is -2.05. The number of benzene rings is 2. The molecule has 32 heavy (non-hydrogen) atoms. The van der Waals surface area contributed by atoms with Crippen molar-refractivity contribution in [2.45, 2.75) is 39.5 Å². The minimum Gasteiger partial charge on any atom is -0.384 e. The van der Waals surface area contributed by atoms with Crippen LogP contribution in [0.5, 0.6) is 0 Å². The molecule has 166 valence electrons. The Kier molecular flexibility index (Phi) is 7.33. The number of halogens is 2. The van der Waals surface area contributed by atoms with Gasteiger partial charge in [0.15, 0.2) is 0 Å². The lowest BCUT2D eigenvalue weighted by atomic mass is 10.1. The third kappa shape index (κ3) is 5.62. The molecule has 0 aliphatic heterocycles. The van der Waals surface area contributed by atoms with E-state index in [0.717, 1.165) is 80.5 Å². The second kappa shape index (κ2) is 10.4. The summed E-state index contributed by atoms with van der Waals surface area (Å²) in [7, 11) is 0. The van der Waals surface area contributed by atoms with E-state index in [1.807, 2.05) is 50.2 Å². The molecule has 2 heterocycles. The molecule has 0 atom stereocenters. The highest BCUT2D eigenvalue weighted by Gasteiger charge is 2.06. The molecule has 0 unspecified atom stereocenters. The average molecular weight is 467 g/mol. The second-order valence-electron chi connectivity index (χ2n) is 8.21. The fourth-order valence-corrected chi connectivity index (χ4v) is 4.35. The maximum atomic E-state index is 6.18. The first kappa shape index (κ1) is 22.6. The third-order valence-electron chi connectivity index (χ3n) is 5.53. The zero-order valence-electron chi connectivity index (χ0n) is 18.5. The molecule has 2 aromatic carbocycles. The van der Waals surface area contributed by atoms with Gasteiger partial charge in [-0.3, -0.25) is 9.97 Å². The number of aryl methyl sites for hydroxylation is 2. The first-order valence-corrected chi connectivity index (χ1v) is 11.9. The molecular formula is C26H28Cl2N4. The summed E-state index contributed by atoms with van der Waals surface area (Å²) in [5.41, 5.74) is 6.18. The number of anilines is 2. The monoisotopic (exact) mass is 466 g/mol. The van der Waals surface area contributed by atoms with Gasteiger partial charge in [0.2, 0.25) is 0 Å². The average Bonchev–Trinajstić information content (AvgIpc) is 2.76. The molecule has 0 aliphatic rings. The molecular weight excluding hydrogens is 439 g/mol. The lowest BCUT2D eigenvalue weighted by Gasteiger charge is -2.12. The smallest absolute Gasteiger partial charge is 0.0726 e. The van der Waals surface area contributed by atoms with E-state index in [-0.39, 0.29) is 0 Å². The Labute approximate surface area is 199 Å². The maximum absolute atomic E-state index is 6.18. The topological polar surface area (TPSA) is 49.8 Å². The van der Waals surface area contributed by atoms with Crippen molar-refractivity contribution < 1.29 is 0 Å². The Morgan fingerprint density at radius 3 is 1.50 bits per heavy atom. The fraction of sp³-hybridized carbons (Fsp3) is 0.308. The van der Waals surface area contributed by atoms with E-state index in [2.05, 4.69) is 32.7 Å². The van der Waals surface area contributed by atoms with Gasteiger partial charge in [-0.15, -0.1) is 0 Å². The summed E-state index contributed by atoms with van der Waals surface area (Å²) in [6.45, 7) is 5.91. The number of hydrogen-bond donors (Lipinski definition) is 2. The van der Waals surface area contributed by atoms with E-state index in [1.165, 1.54) is 12.8 Å². The van der Waals surface area contributed by atoms with Crippen LogP contribution in [0.25, 0.3) is 21.8 Å². The van der Waals surface area contributed by atoms with E-state index in [0.29, 0.717) is 0 Å². The Morgan fingerprint density at radius 2 is 1.06 bits per heavy atom. The van der Waals surface area contributed by atoms with Gasteiger partial charge in [0.1, 0.15) is 0 Å². The van der Waals surface area contributed by atoms with Crippen molar-refractivity contribution in [3.63, 3.8) is 0 Å². The van der Waals surface area contributed by atoms with E-state index in [1.54, 1.807) is 0 Å². The lowest BCUT2D eigenvalue weighted by molar-refractivity contribution is 0.671. The Hall–Kier alpha value is -2.56. The Bertz CT molecular complexity index is 1140. The van der Waals surface area contributed by atoms with Crippen molar-refractivity contribution in [3.05, 3.63) is 70.0 Å². The van der Waals surface area contributed by atoms with Crippen molar-refractivity contribution in [2.24, 2.45) is 0 Å². The van der Waals surface area contributed by atoms with Crippen LogP contribution in [0.1, 0.15) is 37.1 Å². The summed E-state index contributed by atoms with van der Waals surface area (Å²) in [6, 6.07) is 15.9. The molecule has 6 heteroatoms. The van der Waals surface area contributed by atoms with Gasteiger partial charge in [-0.25, -0.2) is 0 Å². The summed E-state index contributed by atoms with van der Waals surface area (Å²) in [6.07, 6.45) is 4.60. The minimum absolute atomic E-state index is 0.734. The number of nitrogens with one attached hydrogen (secondary N) is 2. The van der Waals surface area contributed by atoms with Crippen molar-refractivity contribution in [1.29, 1.82) is 0 Å². The van der Waals surface area contributed by atoms with E-state index < -0.39 is 0 Å². The predicted octanol–water partition coefficient (Wildman–Crippen LogP) is 7.79. The van der Waals surface area contributed by atoms with Crippen LogP contribution in [0, 0.1) is 13.8 Å². The van der Waals surface area contributed by atoms with Crippen LogP contribution in [0.4, 0.5) is 11.4 Å². The van der Waals surface area contributed by atoms with Crippen molar-refractivity contribution in [1.82, 2.24) is 9.97 Å². The molecule has 0 amide bonds. The summed E-state index contributed by atoms with van der Waals surface area (Å²) >= 11 is 12.4. The molecule has 4 rings (SSSR count). The molecule has 2 aromatic heterocycles. The highest BCUT2D eigenvalue weighted by molar-refractivity contribution is 6.31. The summed E-state index contributed by atoms with van der Waals surface area (Å²) in [5.74, 6) is 0. The normalized spacial score (nSPS) is 11.2. The maximum Gasteiger partial charge on any atom is 0.0726 e. The first-order chi connectivity index (χ1) is 15.5. The molecule has 4 aromatic rings. The summed E-state index contributed by atoms with van der Waals surface area (Å²) in [4.78, 5) is 9.19. The number of fused-ring (bicyclic) bond motifs is 2. The van der Waals surface area contributed by atoms with Crippen molar-refractivity contribution in [3.8, 4) is 0 Å². The van der Waals surface area contributed by atoms with Crippen LogP contribution >= 0.6 is 23.2 Å². The predicted molar refractivity (Wildman–Crippen MR) is 138 cm³/mol. The SMILES string of the molecule is Cc1cc(NCCCCCCNc2cc(C)nc3ccc(Cl)cc23)c2cc(Cl)ccc2n1. The van der Waals surface area contributed by atoms with Gasteiger partial charge < -0.3 is 10.6 Å². The third-order valence-corrected chi connectivity index (χ3v) is 6.00. The van der Waals surface area contributed by atoms with Crippen molar-refractivity contribution >= 4 is 56.4 Å². The van der Waals surface area contributed by atoms with E-state index in [9.17, 15) is 0 Å². The molecule has 0 spiro atoms. The fourth-order valence-electron chi connectivity index (χ4n) is 4.00. The summed E-state index contributed by atoms with van der Waals surface area (Å²) in [5, 5.41) is 10.8. The zero-order chi connectivity index (χ0) is 22.5. The molecule has 0 saturated heterocycles. The van der Waals surface area contributed by atoms with Crippen LogP contribution in [0.15, 0.2) is 48.5 Å². The van der Waals surface area contributed by atoms with Crippen LogP contribution in [-0.2, 0) is 0 Å². The van der Waals surface area contributed by atoms with Gasteiger partial charge in [0, 0.05) is 56.7 Å². The van der Waals surface area contributed by atoms with Gasteiger partial charge in [0.25, 0.3) is 0 Å². The molecule has 2 N–H and O–H groups in total. The number of pyridine rings is 2. The minimum atomic E-state index is 0.734. The van der Waals surface area contributed by atoms with E-state index >= 15 is 0 Å². The standard InChI is InChI=1S/C26H28Cl2N4/c1-17-13-25(21-15-19(27)7-9-23(21)31-17)29-11-5-3-4-6-12-30-26-14-18(2)32-24-10-8-20(28)16-22(24)26/h7-10,13-16H,3-6,11-12H2,1-2H3,(H,29,31)(H,30,32). The van der Waals surface area contributed by atoms with Crippen LogP contribution in [0.2, 0.25) is 10.0 Å². The molecule has 4 nitrogen and oxygen atoms in total. The van der Waals surface area contributed by atoms with Gasteiger partial charge in [0.05, 0.1) is 11.0 Å². The molecule has 0 fully saturated rings. The number of aromatic nitrogens is 2.